The monoisotopic (exact) mass is 309 g/mol. The van der Waals surface area contributed by atoms with Crippen molar-refractivity contribution in [2.24, 2.45) is 0 Å². The highest BCUT2D eigenvalue weighted by Gasteiger charge is 2.28. The number of benzene rings is 2. The molecule has 1 amide bonds. The molecule has 0 N–H and O–H groups in total. The molecule has 0 bridgehead atoms. The fourth-order valence-electron chi connectivity index (χ4n) is 2.96. The number of para-hydroxylation sites is 1. The van der Waals surface area contributed by atoms with Gasteiger partial charge in [-0.3, -0.25) is 9.59 Å². The molecule has 118 valence electrons. The van der Waals surface area contributed by atoms with Gasteiger partial charge in [0.05, 0.1) is 19.2 Å². The van der Waals surface area contributed by atoms with Crippen LogP contribution in [0.25, 0.3) is 0 Å². The van der Waals surface area contributed by atoms with E-state index in [0.717, 1.165) is 22.6 Å². The topological polar surface area (TPSA) is 46.6 Å². The maximum Gasteiger partial charge on any atom is 0.231 e. The van der Waals surface area contributed by atoms with Gasteiger partial charge >= 0.3 is 0 Å². The van der Waals surface area contributed by atoms with Crippen molar-refractivity contribution in [3.8, 4) is 5.75 Å². The Balaban J connectivity index is 1.86. The van der Waals surface area contributed by atoms with Crippen LogP contribution in [-0.2, 0) is 11.2 Å². The van der Waals surface area contributed by atoms with Crippen molar-refractivity contribution in [3.63, 3.8) is 0 Å². The maximum absolute atomic E-state index is 12.7. The number of amides is 1. The second kappa shape index (κ2) is 6.24. The lowest BCUT2D eigenvalue weighted by atomic mass is 9.96. The van der Waals surface area contributed by atoms with Gasteiger partial charge in [0, 0.05) is 18.5 Å². The van der Waals surface area contributed by atoms with E-state index in [-0.39, 0.29) is 11.7 Å². The zero-order valence-corrected chi connectivity index (χ0v) is 13.3. The average molecular weight is 309 g/mol. The van der Waals surface area contributed by atoms with Crippen molar-refractivity contribution in [2.45, 2.75) is 19.8 Å². The van der Waals surface area contributed by atoms with Crippen LogP contribution >= 0.6 is 0 Å². The minimum absolute atomic E-state index is 0.0122. The van der Waals surface area contributed by atoms with E-state index >= 15 is 0 Å². The third-order valence-electron chi connectivity index (χ3n) is 4.19. The Labute approximate surface area is 135 Å². The van der Waals surface area contributed by atoms with Gasteiger partial charge in [-0.15, -0.1) is 0 Å². The summed E-state index contributed by atoms with van der Waals surface area (Å²) >= 11 is 0. The molecule has 3 rings (SSSR count). The van der Waals surface area contributed by atoms with Crippen LogP contribution in [0.15, 0.2) is 42.5 Å². The molecule has 0 atom stereocenters. The van der Waals surface area contributed by atoms with Crippen LogP contribution < -0.4 is 9.64 Å². The fourth-order valence-corrected chi connectivity index (χ4v) is 2.96. The van der Waals surface area contributed by atoms with E-state index in [4.69, 9.17) is 4.74 Å². The third-order valence-corrected chi connectivity index (χ3v) is 4.19. The highest BCUT2D eigenvalue weighted by atomic mass is 16.5. The highest BCUT2D eigenvalue weighted by Crippen LogP contribution is 2.31. The zero-order chi connectivity index (χ0) is 16.4. The van der Waals surface area contributed by atoms with Gasteiger partial charge in [0.1, 0.15) is 5.75 Å². The van der Waals surface area contributed by atoms with Gasteiger partial charge in [-0.05, 0) is 36.2 Å². The SMILES string of the molecule is COc1ccc(CC(=O)N2CCC(=O)c3cccc(C)c32)cc1. The number of hydrogen-bond acceptors (Lipinski definition) is 3. The number of ketones is 1. The highest BCUT2D eigenvalue weighted by molar-refractivity contribution is 6.09. The molecular weight excluding hydrogens is 290 g/mol. The molecule has 1 aliphatic rings. The number of methoxy groups -OCH3 is 1. The van der Waals surface area contributed by atoms with Crippen LogP contribution in [0.5, 0.6) is 5.75 Å². The molecule has 2 aromatic carbocycles. The largest absolute Gasteiger partial charge is 0.497 e. The molecule has 0 unspecified atom stereocenters. The molecule has 4 nitrogen and oxygen atoms in total. The number of ether oxygens (including phenoxy) is 1. The van der Waals surface area contributed by atoms with Crippen molar-refractivity contribution in [3.05, 3.63) is 59.2 Å². The second-order valence-electron chi connectivity index (χ2n) is 5.71. The summed E-state index contributed by atoms with van der Waals surface area (Å²) in [5.41, 5.74) is 3.31. The molecule has 1 heterocycles. The third kappa shape index (κ3) is 2.97. The van der Waals surface area contributed by atoms with Gasteiger partial charge in [-0.2, -0.15) is 0 Å². The smallest absolute Gasteiger partial charge is 0.231 e. The standard InChI is InChI=1S/C19H19NO3/c1-13-4-3-5-16-17(21)10-11-20(19(13)16)18(22)12-14-6-8-15(23-2)9-7-14/h3-9H,10-12H2,1-2H3. The molecule has 0 aromatic heterocycles. The molecule has 2 aromatic rings. The maximum atomic E-state index is 12.7. The minimum atomic E-state index is 0.0122. The summed E-state index contributed by atoms with van der Waals surface area (Å²) in [5.74, 6) is 0.890. The lowest BCUT2D eigenvalue weighted by Gasteiger charge is -2.30. The molecule has 1 aliphatic heterocycles. The molecule has 0 spiro atoms. The van der Waals surface area contributed by atoms with E-state index in [9.17, 15) is 9.59 Å². The quantitative estimate of drug-likeness (QED) is 0.875. The van der Waals surface area contributed by atoms with Crippen molar-refractivity contribution in [1.82, 2.24) is 0 Å². The molecule has 0 radical (unpaired) electrons. The number of aryl methyl sites for hydroxylation is 1. The Morgan fingerprint density at radius 3 is 2.61 bits per heavy atom. The molecule has 4 heteroatoms. The van der Waals surface area contributed by atoms with Crippen molar-refractivity contribution >= 4 is 17.4 Å². The summed E-state index contributed by atoms with van der Waals surface area (Å²) in [6.07, 6.45) is 0.691. The van der Waals surface area contributed by atoms with Crippen LogP contribution in [-0.4, -0.2) is 25.3 Å². The van der Waals surface area contributed by atoms with Gasteiger partial charge in [-0.25, -0.2) is 0 Å². The van der Waals surface area contributed by atoms with Gasteiger partial charge in [-0.1, -0.05) is 24.3 Å². The van der Waals surface area contributed by atoms with Crippen LogP contribution in [0.2, 0.25) is 0 Å². The summed E-state index contributed by atoms with van der Waals surface area (Å²) in [5, 5.41) is 0. The number of rotatable bonds is 3. The minimum Gasteiger partial charge on any atom is -0.497 e. The van der Waals surface area contributed by atoms with Crippen LogP contribution in [0.3, 0.4) is 0 Å². The van der Waals surface area contributed by atoms with Crippen molar-refractivity contribution in [2.75, 3.05) is 18.6 Å². The predicted octanol–water partition coefficient (Wildman–Crippen LogP) is 3.17. The Bertz CT molecular complexity index is 750. The Hall–Kier alpha value is -2.62. The number of anilines is 1. The lowest BCUT2D eigenvalue weighted by molar-refractivity contribution is -0.118. The number of carbonyl (C=O) groups is 2. The number of nitrogens with zero attached hydrogens (tertiary/aromatic N) is 1. The molecule has 0 aliphatic carbocycles. The van der Waals surface area contributed by atoms with Crippen molar-refractivity contribution in [1.29, 1.82) is 0 Å². The molecule has 0 fully saturated rings. The van der Waals surface area contributed by atoms with E-state index in [2.05, 4.69) is 0 Å². The number of hydrogen-bond donors (Lipinski definition) is 0. The summed E-state index contributed by atoms with van der Waals surface area (Å²) in [6.45, 7) is 2.39. The van der Waals surface area contributed by atoms with Crippen LogP contribution in [0.4, 0.5) is 5.69 Å². The first kappa shape index (κ1) is 15.3. The Morgan fingerprint density at radius 1 is 1.17 bits per heavy atom. The molecule has 0 saturated carbocycles. The van der Waals surface area contributed by atoms with Crippen LogP contribution in [0.1, 0.15) is 27.9 Å². The van der Waals surface area contributed by atoms with E-state index in [1.54, 1.807) is 18.1 Å². The molecule has 23 heavy (non-hydrogen) atoms. The van der Waals surface area contributed by atoms with E-state index in [1.807, 2.05) is 43.3 Å². The fraction of sp³-hybridized carbons (Fsp3) is 0.263. The first-order valence-electron chi connectivity index (χ1n) is 7.66. The zero-order valence-electron chi connectivity index (χ0n) is 13.3. The number of fused-ring (bicyclic) bond motifs is 1. The number of carbonyl (C=O) groups excluding carboxylic acids is 2. The van der Waals surface area contributed by atoms with E-state index < -0.39 is 0 Å². The van der Waals surface area contributed by atoms with Gasteiger partial charge in [0.2, 0.25) is 5.91 Å². The molecule has 0 saturated heterocycles. The molecular formula is C19H19NO3. The van der Waals surface area contributed by atoms with Gasteiger partial charge in [0.15, 0.2) is 5.78 Å². The van der Waals surface area contributed by atoms with E-state index in [0.29, 0.717) is 24.9 Å². The predicted molar refractivity (Wildman–Crippen MR) is 89.2 cm³/mol. The van der Waals surface area contributed by atoms with Crippen LogP contribution in [0, 0.1) is 6.92 Å². The average Bonchev–Trinajstić information content (AvgIpc) is 2.56. The first-order chi connectivity index (χ1) is 11.1. The summed E-state index contributed by atoms with van der Waals surface area (Å²) in [7, 11) is 1.62. The second-order valence-corrected chi connectivity index (χ2v) is 5.71. The Kier molecular flexibility index (Phi) is 4.15. The first-order valence-corrected chi connectivity index (χ1v) is 7.66. The summed E-state index contributed by atoms with van der Waals surface area (Å²) in [4.78, 5) is 26.6. The summed E-state index contributed by atoms with van der Waals surface area (Å²) < 4.78 is 5.13. The van der Waals surface area contributed by atoms with Gasteiger partial charge < -0.3 is 9.64 Å². The normalized spacial score (nSPS) is 13.7. The van der Waals surface area contributed by atoms with Crippen molar-refractivity contribution < 1.29 is 14.3 Å². The summed E-state index contributed by atoms with van der Waals surface area (Å²) in [6, 6.07) is 13.1. The Morgan fingerprint density at radius 2 is 1.91 bits per heavy atom. The lowest BCUT2D eigenvalue weighted by Crippen LogP contribution is -2.38. The van der Waals surface area contributed by atoms with Gasteiger partial charge in [0.25, 0.3) is 0 Å². The number of Topliss-reactive ketones (excluding diaryl/α,β-unsaturated/α-hetero) is 1. The van der Waals surface area contributed by atoms with E-state index in [1.165, 1.54) is 0 Å².